The molecule has 1 heterocycles. The molecule has 1 saturated heterocycles. The van der Waals surface area contributed by atoms with Crippen LogP contribution in [-0.4, -0.2) is 52.2 Å². The van der Waals surface area contributed by atoms with Crippen LogP contribution in [0.4, 0.5) is 0 Å². The highest BCUT2D eigenvalue weighted by Gasteiger charge is 2.23. The van der Waals surface area contributed by atoms with Crippen molar-refractivity contribution in [2.45, 2.75) is 20.0 Å². The average molecular weight is 296 g/mol. The standard InChI is InChI=1S/C12H15NO3.C2H7N.C2H6/c1-15-11-5-3-2-4-10(11)12-8-13(9-14)6-7-16-12;1-3-2;1-2/h2-5,9,12H,6-8H2,1H3;3H,1-2H3;1-2H3. The van der Waals surface area contributed by atoms with E-state index >= 15 is 0 Å². The largest absolute Gasteiger partial charge is 0.496 e. The van der Waals surface area contributed by atoms with E-state index < -0.39 is 0 Å². The predicted molar refractivity (Wildman–Crippen MR) is 85.7 cm³/mol. The number of hydrogen-bond acceptors (Lipinski definition) is 4. The number of amides is 1. The first-order chi connectivity index (χ1) is 10.3. The summed E-state index contributed by atoms with van der Waals surface area (Å²) in [6.07, 6.45) is 0.778. The molecule has 0 radical (unpaired) electrons. The van der Waals surface area contributed by atoms with Crippen molar-refractivity contribution >= 4 is 6.41 Å². The number of ether oxygens (including phenoxy) is 2. The number of hydrogen-bond donors (Lipinski definition) is 1. The van der Waals surface area contributed by atoms with Gasteiger partial charge in [-0.15, -0.1) is 0 Å². The highest BCUT2D eigenvalue weighted by Crippen LogP contribution is 2.29. The maximum absolute atomic E-state index is 10.7. The molecule has 5 heteroatoms. The monoisotopic (exact) mass is 296 g/mol. The van der Waals surface area contributed by atoms with Gasteiger partial charge in [0.25, 0.3) is 0 Å². The van der Waals surface area contributed by atoms with Gasteiger partial charge in [-0.05, 0) is 20.2 Å². The fraction of sp³-hybridized carbons (Fsp3) is 0.562. The van der Waals surface area contributed by atoms with Gasteiger partial charge >= 0.3 is 0 Å². The van der Waals surface area contributed by atoms with E-state index in [2.05, 4.69) is 5.32 Å². The summed E-state index contributed by atoms with van der Waals surface area (Å²) in [4.78, 5) is 12.5. The van der Waals surface area contributed by atoms with Crippen LogP contribution < -0.4 is 10.1 Å². The maximum Gasteiger partial charge on any atom is 0.209 e. The molecule has 5 nitrogen and oxygen atoms in total. The molecule has 1 aromatic rings. The van der Waals surface area contributed by atoms with Crippen molar-refractivity contribution in [2.75, 3.05) is 40.9 Å². The summed E-state index contributed by atoms with van der Waals surface area (Å²) in [5.74, 6) is 0.806. The molecule has 120 valence electrons. The van der Waals surface area contributed by atoms with E-state index in [4.69, 9.17) is 9.47 Å². The van der Waals surface area contributed by atoms with Gasteiger partial charge in [0.15, 0.2) is 0 Å². The van der Waals surface area contributed by atoms with Gasteiger partial charge in [-0.1, -0.05) is 32.0 Å². The Morgan fingerprint density at radius 2 is 1.95 bits per heavy atom. The molecule has 0 aliphatic carbocycles. The molecule has 1 aromatic carbocycles. The molecular formula is C16H28N2O3. The zero-order chi connectivity index (χ0) is 16.1. The highest BCUT2D eigenvalue weighted by molar-refractivity contribution is 5.48. The quantitative estimate of drug-likeness (QED) is 0.868. The molecule has 1 N–H and O–H groups in total. The Labute approximate surface area is 128 Å². The maximum atomic E-state index is 10.7. The summed E-state index contributed by atoms with van der Waals surface area (Å²) in [7, 11) is 5.39. The smallest absolute Gasteiger partial charge is 0.209 e. The lowest BCUT2D eigenvalue weighted by atomic mass is 10.1. The molecule has 0 saturated carbocycles. The van der Waals surface area contributed by atoms with Crippen molar-refractivity contribution in [3.63, 3.8) is 0 Å². The second-order valence-corrected chi connectivity index (χ2v) is 4.20. The van der Waals surface area contributed by atoms with E-state index in [0.29, 0.717) is 19.7 Å². The third-order valence-electron chi connectivity index (χ3n) is 2.73. The van der Waals surface area contributed by atoms with Crippen molar-refractivity contribution in [3.8, 4) is 5.75 Å². The minimum Gasteiger partial charge on any atom is -0.496 e. The lowest BCUT2D eigenvalue weighted by Crippen LogP contribution is -2.37. The first-order valence-corrected chi connectivity index (χ1v) is 7.29. The lowest BCUT2D eigenvalue weighted by molar-refractivity contribution is -0.125. The topological polar surface area (TPSA) is 50.8 Å². The van der Waals surface area contributed by atoms with Crippen LogP contribution in [0.5, 0.6) is 5.75 Å². The number of carbonyl (C=O) groups is 1. The predicted octanol–water partition coefficient (Wildman–Crippen LogP) is 2.09. The highest BCUT2D eigenvalue weighted by atomic mass is 16.5. The van der Waals surface area contributed by atoms with Crippen molar-refractivity contribution in [1.82, 2.24) is 10.2 Å². The van der Waals surface area contributed by atoms with Crippen molar-refractivity contribution < 1.29 is 14.3 Å². The van der Waals surface area contributed by atoms with Crippen LogP contribution in [0.2, 0.25) is 0 Å². The third-order valence-corrected chi connectivity index (χ3v) is 2.73. The minimum atomic E-state index is -0.0879. The first-order valence-electron chi connectivity index (χ1n) is 7.29. The lowest BCUT2D eigenvalue weighted by Gasteiger charge is -2.31. The van der Waals surface area contributed by atoms with Crippen LogP contribution in [0, 0.1) is 0 Å². The van der Waals surface area contributed by atoms with Crippen LogP contribution in [0.25, 0.3) is 0 Å². The summed E-state index contributed by atoms with van der Waals surface area (Å²) in [5, 5.41) is 2.75. The van der Waals surface area contributed by atoms with Crippen molar-refractivity contribution in [1.29, 1.82) is 0 Å². The summed E-state index contributed by atoms with van der Waals surface area (Å²) in [6.45, 7) is 5.82. The first kappa shape index (κ1) is 19.4. The molecular weight excluding hydrogens is 268 g/mol. The number of para-hydroxylation sites is 1. The third kappa shape index (κ3) is 6.60. The molecule has 0 aromatic heterocycles. The van der Waals surface area contributed by atoms with Crippen LogP contribution in [0.15, 0.2) is 24.3 Å². The Hall–Kier alpha value is -1.59. The number of carbonyl (C=O) groups excluding carboxylic acids is 1. The molecule has 1 atom stereocenters. The van der Waals surface area contributed by atoms with Gasteiger partial charge in [0.2, 0.25) is 6.41 Å². The Balaban J connectivity index is 0.000000713. The number of methoxy groups -OCH3 is 1. The Kier molecular flexibility index (Phi) is 11.3. The summed E-state index contributed by atoms with van der Waals surface area (Å²) in [5.41, 5.74) is 0.997. The van der Waals surface area contributed by atoms with Gasteiger partial charge in [-0.3, -0.25) is 4.79 Å². The van der Waals surface area contributed by atoms with Gasteiger partial charge in [0.05, 0.1) is 20.3 Å². The number of nitrogens with one attached hydrogen (secondary N) is 1. The van der Waals surface area contributed by atoms with Gasteiger partial charge in [-0.2, -0.15) is 0 Å². The Morgan fingerprint density at radius 1 is 1.33 bits per heavy atom. The zero-order valence-corrected chi connectivity index (χ0v) is 13.8. The number of rotatable bonds is 3. The fourth-order valence-electron chi connectivity index (χ4n) is 1.89. The Morgan fingerprint density at radius 3 is 2.52 bits per heavy atom. The van der Waals surface area contributed by atoms with Gasteiger partial charge in [0.1, 0.15) is 11.9 Å². The van der Waals surface area contributed by atoms with Gasteiger partial charge in [-0.25, -0.2) is 0 Å². The van der Waals surface area contributed by atoms with Crippen LogP contribution >= 0.6 is 0 Å². The van der Waals surface area contributed by atoms with Crippen molar-refractivity contribution in [2.24, 2.45) is 0 Å². The molecule has 1 aliphatic rings. The van der Waals surface area contributed by atoms with E-state index in [-0.39, 0.29) is 6.10 Å². The number of morpholine rings is 1. The SMILES string of the molecule is CC.CNC.COc1ccccc1C1CN(C=O)CCO1. The van der Waals surface area contributed by atoms with Crippen LogP contribution in [-0.2, 0) is 9.53 Å². The minimum absolute atomic E-state index is 0.0879. The van der Waals surface area contributed by atoms with E-state index in [9.17, 15) is 4.79 Å². The van der Waals surface area contributed by atoms with Crippen molar-refractivity contribution in [3.05, 3.63) is 29.8 Å². The molecule has 1 aliphatic heterocycles. The summed E-state index contributed by atoms with van der Waals surface area (Å²) in [6, 6.07) is 7.74. The number of benzene rings is 1. The average Bonchev–Trinajstić information content (AvgIpc) is 2.57. The number of nitrogens with zero attached hydrogens (tertiary/aromatic N) is 1. The molecule has 21 heavy (non-hydrogen) atoms. The summed E-state index contributed by atoms with van der Waals surface area (Å²) < 4.78 is 10.9. The van der Waals surface area contributed by atoms with Crippen LogP contribution in [0.3, 0.4) is 0 Å². The fourth-order valence-corrected chi connectivity index (χ4v) is 1.89. The molecule has 0 bridgehead atoms. The van der Waals surface area contributed by atoms with E-state index in [0.717, 1.165) is 17.7 Å². The van der Waals surface area contributed by atoms with E-state index in [1.165, 1.54) is 0 Å². The molecule has 1 amide bonds. The molecule has 2 rings (SSSR count). The van der Waals surface area contributed by atoms with Gasteiger partial charge in [0, 0.05) is 12.1 Å². The van der Waals surface area contributed by atoms with Crippen LogP contribution in [0.1, 0.15) is 25.5 Å². The second-order valence-electron chi connectivity index (χ2n) is 4.20. The molecule has 1 fully saturated rings. The zero-order valence-electron chi connectivity index (χ0n) is 13.8. The summed E-state index contributed by atoms with van der Waals surface area (Å²) >= 11 is 0. The normalized spacial score (nSPS) is 16.8. The second kappa shape index (κ2) is 12.2. The van der Waals surface area contributed by atoms with E-state index in [1.807, 2.05) is 52.2 Å². The van der Waals surface area contributed by atoms with E-state index in [1.54, 1.807) is 12.0 Å². The molecule has 0 spiro atoms. The Bertz CT molecular complexity index is 386. The van der Waals surface area contributed by atoms with Gasteiger partial charge < -0.3 is 19.7 Å². The molecule has 1 unspecified atom stereocenters.